The van der Waals surface area contributed by atoms with Gasteiger partial charge in [0.25, 0.3) is 5.56 Å². The average molecular weight is 354 g/mol. The minimum atomic E-state index is -0.127. The van der Waals surface area contributed by atoms with E-state index < -0.39 is 0 Å². The number of hydrogen-bond donors (Lipinski definition) is 2. The van der Waals surface area contributed by atoms with Crippen LogP contribution in [0.5, 0.6) is 0 Å². The maximum absolute atomic E-state index is 11.8. The largest absolute Gasteiger partial charge is 0.375 e. The number of aromatic nitrogens is 3. The molecule has 138 valence electrons. The molecule has 26 heavy (non-hydrogen) atoms. The molecular weight excluding hydrogens is 328 g/mol. The van der Waals surface area contributed by atoms with E-state index in [2.05, 4.69) is 20.3 Å². The van der Waals surface area contributed by atoms with Gasteiger partial charge in [-0.2, -0.15) is 0 Å². The van der Waals surface area contributed by atoms with Gasteiger partial charge < -0.3 is 15.0 Å². The summed E-state index contributed by atoms with van der Waals surface area (Å²) < 4.78 is 6.10. The molecule has 4 rings (SSSR count). The summed E-state index contributed by atoms with van der Waals surface area (Å²) in [5.74, 6) is 1.44. The minimum Gasteiger partial charge on any atom is -0.375 e. The van der Waals surface area contributed by atoms with Gasteiger partial charge in [-0.25, -0.2) is 9.97 Å². The lowest BCUT2D eigenvalue weighted by Crippen LogP contribution is -2.42. The van der Waals surface area contributed by atoms with Crippen molar-refractivity contribution in [1.29, 1.82) is 0 Å². The molecule has 0 bridgehead atoms. The van der Waals surface area contributed by atoms with Crippen molar-refractivity contribution in [2.75, 3.05) is 11.9 Å². The van der Waals surface area contributed by atoms with Gasteiger partial charge in [-0.3, -0.25) is 4.79 Å². The number of H-pyrrole nitrogens is 1. The molecule has 6 nitrogen and oxygen atoms in total. The molecule has 0 aromatic carbocycles. The normalized spacial score (nSPS) is 21.8. The molecular formula is C20H26N4O2. The van der Waals surface area contributed by atoms with Gasteiger partial charge in [-0.15, -0.1) is 0 Å². The highest BCUT2D eigenvalue weighted by molar-refractivity contribution is 5.56. The summed E-state index contributed by atoms with van der Waals surface area (Å²) in [6.45, 7) is 2.81. The second-order valence-corrected chi connectivity index (χ2v) is 7.44. The van der Waals surface area contributed by atoms with E-state index in [1.807, 2.05) is 19.1 Å². The van der Waals surface area contributed by atoms with Crippen molar-refractivity contribution in [1.82, 2.24) is 15.0 Å². The summed E-state index contributed by atoms with van der Waals surface area (Å²) in [5.41, 5.74) is 1.58. The first-order chi connectivity index (χ1) is 12.7. The van der Waals surface area contributed by atoms with Crippen molar-refractivity contribution in [2.24, 2.45) is 0 Å². The van der Waals surface area contributed by atoms with Crippen LogP contribution in [0.15, 0.2) is 29.2 Å². The molecule has 1 saturated carbocycles. The highest BCUT2D eigenvalue weighted by Gasteiger charge is 2.39. The van der Waals surface area contributed by atoms with Crippen LogP contribution in [-0.4, -0.2) is 33.2 Å². The number of aryl methyl sites for hydroxylation is 1. The first-order valence-corrected chi connectivity index (χ1v) is 9.63. The second kappa shape index (κ2) is 7.19. The zero-order valence-electron chi connectivity index (χ0n) is 15.3. The number of rotatable bonds is 4. The van der Waals surface area contributed by atoms with E-state index in [9.17, 15) is 4.79 Å². The zero-order valence-corrected chi connectivity index (χ0v) is 15.3. The maximum atomic E-state index is 11.8. The summed E-state index contributed by atoms with van der Waals surface area (Å²) in [5, 5.41) is 3.56. The SMILES string of the molecule is CCc1cc(=O)[nH]c(-c2ccc(NC3CCOC4(CCCC4)C3)nc2)n1. The molecule has 2 aromatic rings. The number of aromatic amines is 1. The number of anilines is 1. The Hall–Kier alpha value is -2.21. The molecule has 0 radical (unpaired) electrons. The van der Waals surface area contributed by atoms with Crippen LogP contribution in [0.2, 0.25) is 0 Å². The molecule has 2 aromatic heterocycles. The molecule has 1 unspecified atom stereocenters. The van der Waals surface area contributed by atoms with Crippen LogP contribution in [0.25, 0.3) is 11.4 Å². The quantitative estimate of drug-likeness (QED) is 0.881. The molecule has 1 spiro atoms. The van der Waals surface area contributed by atoms with E-state index in [1.54, 1.807) is 6.20 Å². The van der Waals surface area contributed by atoms with Crippen LogP contribution in [-0.2, 0) is 11.2 Å². The van der Waals surface area contributed by atoms with Crippen molar-refractivity contribution >= 4 is 5.82 Å². The Labute approximate surface area is 153 Å². The summed E-state index contributed by atoms with van der Waals surface area (Å²) in [4.78, 5) is 23.6. The Morgan fingerprint density at radius 3 is 2.92 bits per heavy atom. The Balaban J connectivity index is 1.46. The fraction of sp³-hybridized carbons (Fsp3) is 0.550. The average Bonchev–Trinajstić information content (AvgIpc) is 3.09. The summed E-state index contributed by atoms with van der Waals surface area (Å²) in [6, 6.07) is 5.86. The molecule has 1 aliphatic heterocycles. The van der Waals surface area contributed by atoms with Crippen molar-refractivity contribution in [3.05, 3.63) is 40.4 Å². The topological polar surface area (TPSA) is 79.9 Å². The number of nitrogens with one attached hydrogen (secondary N) is 2. The lowest BCUT2D eigenvalue weighted by atomic mass is 9.89. The fourth-order valence-electron chi connectivity index (χ4n) is 4.17. The van der Waals surface area contributed by atoms with Crippen LogP contribution in [0.3, 0.4) is 0 Å². The predicted molar refractivity (Wildman–Crippen MR) is 101 cm³/mol. The van der Waals surface area contributed by atoms with E-state index in [-0.39, 0.29) is 11.2 Å². The summed E-state index contributed by atoms with van der Waals surface area (Å²) in [6.07, 6.45) is 9.50. The van der Waals surface area contributed by atoms with Crippen molar-refractivity contribution in [3.8, 4) is 11.4 Å². The number of hydrogen-bond acceptors (Lipinski definition) is 5. The van der Waals surface area contributed by atoms with Crippen molar-refractivity contribution < 1.29 is 4.74 Å². The molecule has 1 saturated heterocycles. The fourth-order valence-corrected chi connectivity index (χ4v) is 4.17. The van der Waals surface area contributed by atoms with E-state index >= 15 is 0 Å². The highest BCUT2D eigenvalue weighted by atomic mass is 16.5. The Morgan fingerprint density at radius 2 is 2.19 bits per heavy atom. The molecule has 1 aliphatic carbocycles. The van der Waals surface area contributed by atoms with Crippen molar-refractivity contribution in [2.45, 2.75) is 63.5 Å². The first kappa shape index (κ1) is 17.2. The third kappa shape index (κ3) is 3.65. The molecule has 3 heterocycles. The van der Waals surface area contributed by atoms with Gasteiger partial charge >= 0.3 is 0 Å². The smallest absolute Gasteiger partial charge is 0.251 e. The van der Waals surface area contributed by atoms with E-state index in [0.717, 1.165) is 42.9 Å². The third-order valence-electron chi connectivity index (χ3n) is 5.55. The van der Waals surface area contributed by atoms with Gasteiger partial charge in [0.15, 0.2) is 0 Å². The maximum Gasteiger partial charge on any atom is 0.251 e. The van der Waals surface area contributed by atoms with Gasteiger partial charge in [0.05, 0.1) is 5.60 Å². The van der Waals surface area contributed by atoms with E-state index in [1.165, 1.54) is 31.7 Å². The highest BCUT2D eigenvalue weighted by Crippen LogP contribution is 2.40. The van der Waals surface area contributed by atoms with Gasteiger partial charge in [0, 0.05) is 36.2 Å². The summed E-state index contributed by atoms with van der Waals surface area (Å²) in [7, 11) is 0. The number of nitrogens with zero attached hydrogens (tertiary/aromatic N) is 2. The molecule has 0 amide bonds. The molecule has 1 atom stereocenters. The summed E-state index contributed by atoms with van der Waals surface area (Å²) >= 11 is 0. The van der Waals surface area contributed by atoms with Crippen LogP contribution < -0.4 is 10.9 Å². The molecule has 6 heteroatoms. The van der Waals surface area contributed by atoms with E-state index in [4.69, 9.17) is 4.74 Å². The first-order valence-electron chi connectivity index (χ1n) is 9.63. The van der Waals surface area contributed by atoms with Crippen LogP contribution in [0.4, 0.5) is 5.82 Å². The Bertz CT molecular complexity index is 809. The van der Waals surface area contributed by atoms with Gasteiger partial charge in [0.1, 0.15) is 11.6 Å². The standard InChI is InChI=1S/C20H26N4O2/c1-2-15-11-18(25)24-19(23-15)14-5-6-17(21-13-14)22-16-7-10-26-20(12-16)8-3-4-9-20/h5-6,11,13,16H,2-4,7-10,12H2,1H3,(H,21,22)(H,23,24,25). The second-order valence-electron chi connectivity index (χ2n) is 7.44. The van der Waals surface area contributed by atoms with Crippen LogP contribution >= 0.6 is 0 Å². The molecule has 2 fully saturated rings. The van der Waals surface area contributed by atoms with Gasteiger partial charge in [-0.1, -0.05) is 19.8 Å². The van der Waals surface area contributed by atoms with Gasteiger partial charge in [-0.05, 0) is 44.2 Å². The van der Waals surface area contributed by atoms with Crippen LogP contribution in [0, 0.1) is 0 Å². The van der Waals surface area contributed by atoms with Crippen LogP contribution in [0.1, 0.15) is 51.1 Å². The molecule has 2 N–H and O–H groups in total. The predicted octanol–water partition coefficient (Wildman–Crippen LogP) is 3.30. The number of ether oxygens (including phenoxy) is 1. The van der Waals surface area contributed by atoms with Gasteiger partial charge in [0.2, 0.25) is 0 Å². The Kier molecular flexibility index (Phi) is 4.76. The third-order valence-corrected chi connectivity index (χ3v) is 5.55. The lowest BCUT2D eigenvalue weighted by Gasteiger charge is -2.38. The monoisotopic (exact) mass is 354 g/mol. The van der Waals surface area contributed by atoms with E-state index in [0.29, 0.717) is 11.9 Å². The Morgan fingerprint density at radius 1 is 1.35 bits per heavy atom. The van der Waals surface area contributed by atoms with Crippen molar-refractivity contribution in [3.63, 3.8) is 0 Å². The number of pyridine rings is 1. The zero-order chi connectivity index (χ0) is 18.0. The molecule has 2 aliphatic rings. The lowest BCUT2D eigenvalue weighted by molar-refractivity contribution is -0.0767. The minimum absolute atomic E-state index is 0.0971.